The van der Waals surface area contributed by atoms with Gasteiger partial charge in [-0.05, 0) is 33.3 Å². The zero-order valence-electron chi connectivity index (χ0n) is 17.9. The first kappa shape index (κ1) is 22.2. The van der Waals surface area contributed by atoms with Gasteiger partial charge in [-0.2, -0.15) is 0 Å². The lowest BCUT2D eigenvalue weighted by molar-refractivity contribution is -0.137. The molecule has 0 bridgehead atoms. The lowest BCUT2D eigenvalue weighted by atomic mass is 9.82. The summed E-state index contributed by atoms with van der Waals surface area (Å²) in [4.78, 5) is 62.9. The van der Waals surface area contributed by atoms with Crippen LogP contribution >= 0.6 is 0 Å². The van der Waals surface area contributed by atoms with Crippen molar-refractivity contribution in [2.24, 2.45) is 11.8 Å². The van der Waals surface area contributed by atoms with E-state index in [2.05, 4.69) is 17.2 Å². The number of benzene rings is 1. The van der Waals surface area contributed by atoms with Gasteiger partial charge in [0.15, 0.2) is 11.6 Å². The van der Waals surface area contributed by atoms with Gasteiger partial charge in [0.2, 0.25) is 11.8 Å². The molecule has 0 saturated carbocycles. The molecule has 162 valence electrons. The summed E-state index contributed by atoms with van der Waals surface area (Å²) in [5, 5.41) is 2.20. The molecular formula is C23H24N2O6. The van der Waals surface area contributed by atoms with E-state index in [0.717, 1.165) is 0 Å². The molecule has 1 aromatic carbocycles. The lowest BCUT2D eigenvalue weighted by Crippen LogP contribution is -2.46. The van der Waals surface area contributed by atoms with Gasteiger partial charge in [0.25, 0.3) is 0 Å². The third-order valence-corrected chi connectivity index (χ3v) is 5.07. The third-order valence-electron chi connectivity index (χ3n) is 5.07. The molecule has 1 aromatic rings. The van der Waals surface area contributed by atoms with Crippen LogP contribution in [0.5, 0.6) is 0 Å². The predicted octanol–water partition coefficient (Wildman–Crippen LogP) is 1.95. The number of Topliss-reactive ketones (excluding diaryl/α,β-unsaturated/α-hetero) is 2. The number of carbonyl (C=O) groups is 5. The minimum Gasteiger partial charge on any atom is -0.444 e. The summed E-state index contributed by atoms with van der Waals surface area (Å²) in [6, 6.07) is 4.79. The van der Waals surface area contributed by atoms with E-state index in [1.165, 1.54) is 4.90 Å². The second kappa shape index (κ2) is 8.34. The Morgan fingerprint density at radius 1 is 1.19 bits per heavy atom. The summed E-state index contributed by atoms with van der Waals surface area (Å²) in [5.41, 5.74) is 0.154. The van der Waals surface area contributed by atoms with Crippen LogP contribution in [0.15, 0.2) is 18.2 Å². The van der Waals surface area contributed by atoms with Crippen molar-refractivity contribution in [3.8, 4) is 11.8 Å². The van der Waals surface area contributed by atoms with Crippen molar-refractivity contribution in [1.82, 2.24) is 10.2 Å². The van der Waals surface area contributed by atoms with E-state index >= 15 is 0 Å². The second-order valence-electron chi connectivity index (χ2n) is 8.63. The largest absolute Gasteiger partial charge is 0.444 e. The van der Waals surface area contributed by atoms with E-state index < -0.39 is 46.9 Å². The maximum Gasteiger partial charge on any atom is 0.410 e. The number of amides is 3. The third kappa shape index (κ3) is 4.66. The molecule has 0 aromatic heterocycles. The Bertz CT molecular complexity index is 1040. The molecule has 8 nitrogen and oxygen atoms in total. The van der Waals surface area contributed by atoms with Gasteiger partial charge in [0, 0.05) is 30.2 Å². The van der Waals surface area contributed by atoms with Gasteiger partial charge in [-0.15, -0.1) is 0 Å². The first-order valence-corrected chi connectivity index (χ1v) is 9.97. The van der Waals surface area contributed by atoms with E-state index in [9.17, 15) is 24.0 Å². The van der Waals surface area contributed by atoms with Crippen LogP contribution in [0.4, 0.5) is 4.79 Å². The highest BCUT2D eigenvalue weighted by Crippen LogP contribution is 2.36. The average Bonchev–Trinajstić information content (AvgIpc) is 2.92. The maximum atomic E-state index is 13.1. The molecule has 1 N–H and O–H groups in total. The van der Waals surface area contributed by atoms with Gasteiger partial charge >= 0.3 is 6.09 Å². The fourth-order valence-electron chi connectivity index (χ4n) is 3.62. The summed E-state index contributed by atoms with van der Waals surface area (Å²) in [6.45, 7) is 5.36. The van der Waals surface area contributed by atoms with Gasteiger partial charge in [-0.1, -0.05) is 24.0 Å². The highest BCUT2D eigenvalue weighted by molar-refractivity contribution is 6.29. The minimum atomic E-state index is -1.14. The number of ketones is 2. The van der Waals surface area contributed by atoms with Gasteiger partial charge in [-0.3, -0.25) is 24.5 Å². The molecule has 2 atom stereocenters. The van der Waals surface area contributed by atoms with Crippen LogP contribution < -0.4 is 5.32 Å². The molecule has 31 heavy (non-hydrogen) atoms. The van der Waals surface area contributed by atoms with Crippen LogP contribution in [0.2, 0.25) is 0 Å². The molecule has 8 heteroatoms. The van der Waals surface area contributed by atoms with Gasteiger partial charge < -0.3 is 9.64 Å². The van der Waals surface area contributed by atoms with Crippen molar-refractivity contribution < 1.29 is 28.7 Å². The zero-order chi connectivity index (χ0) is 22.9. The van der Waals surface area contributed by atoms with Crippen molar-refractivity contribution in [3.05, 3.63) is 34.9 Å². The average molecular weight is 424 g/mol. The molecule has 0 radical (unpaired) electrons. The van der Waals surface area contributed by atoms with Gasteiger partial charge in [-0.25, -0.2) is 4.79 Å². The van der Waals surface area contributed by atoms with Crippen LogP contribution in [-0.2, 0) is 14.3 Å². The standard InChI is InChI=1S/C23H24N2O6/c1-23(2,3)31-22(30)25(4)12-6-8-13-7-5-9-14-17(13)20(28)18(19(14)27)15-10-11-16(26)24-21(15)29/h5,7,9,15,18H,10-12H2,1-4H3,(H,24,26,29). The van der Waals surface area contributed by atoms with E-state index in [1.54, 1.807) is 46.0 Å². The van der Waals surface area contributed by atoms with Crippen LogP contribution in [0.25, 0.3) is 0 Å². The number of hydrogen-bond acceptors (Lipinski definition) is 6. The summed E-state index contributed by atoms with van der Waals surface area (Å²) >= 11 is 0. The molecule has 3 amide bonds. The van der Waals surface area contributed by atoms with Gasteiger partial charge in [0.1, 0.15) is 5.60 Å². The number of imide groups is 1. The highest BCUT2D eigenvalue weighted by Gasteiger charge is 2.48. The topological polar surface area (TPSA) is 110 Å². The smallest absolute Gasteiger partial charge is 0.410 e. The fraction of sp³-hybridized carbons (Fsp3) is 0.435. The summed E-state index contributed by atoms with van der Waals surface area (Å²) in [7, 11) is 1.55. The van der Waals surface area contributed by atoms with Crippen LogP contribution in [0, 0.1) is 23.7 Å². The van der Waals surface area contributed by atoms with E-state index in [0.29, 0.717) is 5.56 Å². The van der Waals surface area contributed by atoms with Crippen molar-refractivity contribution in [2.75, 3.05) is 13.6 Å². The van der Waals surface area contributed by atoms with E-state index in [4.69, 9.17) is 4.74 Å². The summed E-state index contributed by atoms with van der Waals surface area (Å²) in [6.07, 6.45) is -0.278. The number of fused-ring (bicyclic) bond motifs is 1. The Balaban J connectivity index is 1.80. The molecule has 1 saturated heterocycles. The Hall–Kier alpha value is -3.47. The minimum absolute atomic E-state index is 0.0668. The monoisotopic (exact) mass is 424 g/mol. The fourth-order valence-corrected chi connectivity index (χ4v) is 3.62. The predicted molar refractivity (Wildman–Crippen MR) is 110 cm³/mol. The molecule has 1 aliphatic heterocycles. The second-order valence-corrected chi connectivity index (χ2v) is 8.63. The van der Waals surface area contributed by atoms with Crippen LogP contribution in [-0.4, -0.2) is 53.6 Å². The molecule has 1 fully saturated rings. The molecule has 1 aliphatic carbocycles. The quantitative estimate of drug-likeness (QED) is 0.442. The number of nitrogens with one attached hydrogen (secondary N) is 1. The Morgan fingerprint density at radius 2 is 1.90 bits per heavy atom. The summed E-state index contributed by atoms with van der Waals surface area (Å²) in [5.74, 6) is 1.79. The maximum absolute atomic E-state index is 13.1. The van der Waals surface area contributed by atoms with Crippen molar-refractivity contribution in [3.63, 3.8) is 0 Å². The number of carbonyl (C=O) groups excluding carboxylic acids is 5. The Labute approximate surface area is 180 Å². The van der Waals surface area contributed by atoms with Crippen molar-refractivity contribution in [2.45, 2.75) is 39.2 Å². The normalized spacial score (nSPS) is 20.5. The van der Waals surface area contributed by atoms with Crippen LogP contribution in [0.1, 0.15) is 59.9 Å². The van der Waals surface area contributed by atoms with Gasteiger partial charge in [0.05, 0.1) is 18.4 Å². The number of piperidine rings is 1. The molecule has 2 aliphatic rings. The first-order valence-electron chi connectivity index (χ1n) is 9.97. The molecule has 1 heterocycles. The summed E-state index contributed by atoms with van der Waals surface area (Å²) < 4.78 is 5.26. The Morgan fingerprint density at radius 3 is 2.55 bits per heavy atom. The molecule has 0 spiro atoms. The van der Waals surface area contributed by atoms with Crippen molar-refractivity contribution in [1.29, 1.82) is 0 Å². The highest BCUT2D eigenvalue weighted by atomic mass is 16.6. The molecular weight excluding hydrogens is 400 g/mol. The number of rotatable bonds is 2. The molecule has 2 unspecified atom stereocenters. The number of ether oxygens (including phenoxy) is 1. The van der Waals surface area contributed by atoms with Crippen molar-refractivity contribution >= 4 is 29.5 Å². The molecule has 3 rings (SSSR count). The van der Waals surface area contributed by atoms with E-state index in [1.807, 2.05) is 0 Å². The first-order chi connectivity index (χ1) is 14.5. The number of nitrogens with zero attached hydrogens (tertiary/aromatic N) is 1. The SMILES string of the molecule is CN(CC#Cc1cccc2c1C(=O)C(C1CCC(=O)NC1=O)C2=O)C(=O)OC(C)(C)C. The van der Waals surface area contributed by atoms with E-state index in [-0.39, 0.29) is 30.5 Å². The number of hydrogen-bond donors (Lipinski definition) is 1. The zero-order valence-corrected chi connectivity index (χ0v) is 17.9. The Kier molecular flexibility index (Phi) is 5.98. The lowest BCUT2D eigenvalue weighted by Gasteiger charge is -2.24. The van der Waals surface area contributed by atoms with Crippen LogP contribution in [0.3, 0.4) is 0 Å².